The summed E-state index contributed by atoms with van der Waals surface area (Å²) < 4.78 is 5.82. The van der Waals surface area contributed by atoms with Gasteiger partial charge < -0.3 is 10.2 Å². The molecule has 0 aliphatic heterocycles. The van der Waals surface area contributed by atoms with E-state index in [-0.39, 0.29) is 6.04 Å². The number of benzene rings is 1. The first kappa shape index (κ1) is 11.9. The summed E-state index contributed by atoms with van der Waals surface area (Å²) in [4.78, 5) is 4.45. The third kappa shape index (κ3) is 2.13. The predicted octanol–water partition coefficient (Wildman–Crippen LogP) is 3.49. The fourth-order valence-corrected chi connectivity index (χ4v) is 2.33. The average Bonchev–Trinajstić information content (AvgIpc) is 2.81. The fourth-order valence-electron chi connectivity index (χ4n) is 2.33. The maximum atomic E-state index is 6.30. The van der Waals surface area contributed by atoms with Gasteiger partial charge in [0.2, 0.25) is 0 Å². The van der Waals surface area contributed by atoms with E-state index in [1.165, 1.54) is 0 Å². The van der Waals surface area contributed by atoms with Crippen molar-refractivity contribution >= 4 is 11.0 Å². The number of rotatable bonds is 2. The largest absolute Gasteiger partial charge is 0.459 e. The van der Waals surface area contributed by atoms with Crippen LogP contribution in [0, 0.1) is 13.8 Å². The Kier molecular flexibility index (Phi) is 2.84. The number of nitrogens with zero attached hydrogens (tertiary/aromatic N) is 1. The van der Waals surface area contributed by atoms with Crippen molar-refractivity contribution in [3.63, 3.8) is 0 Å². The Hall–Kier alpha value is -2.13. The van der Waals surface area contributed by atoms with Gasteiger partial charge in [0.05, 0.1) is 6.04 Å². The number of hydrogen-bond donors (Lipinski definition) is 1. The average molecular weight is 252 g/mol. The molecule has 3 aromatic rings. The molecule has 0 aliphatic rings. The maximum Gasteiger partial charge on any atom is 0.134 e. The highest BCUT2D eigenvalue weighted by atomic mass is 16.3. The minimum absolute atomic E-state index is 0.277. The van der Waals surface area contributed by atoms with E-state index < -0.39 is 0 Å². The topological polar surface area (TPSA) is 52.0 Å². The zero-order chi connectivity index (χ0) is 13.4. The lowest BCUT2D eigenvalue weighted by Crippen LogP contribution is -2.13. The van der Waals surface area contributed by atoms with Gasteiger partial charge in [-0.05, 0) is 37.6 Å². The molecule has 2 heterocycles. The van der Waals surface area contributed by atoms with Crippen LogP contribution in [0.1, 0.15) is 28.8 Å². The summed E-state index contributed by atoms with van der Waals surface area (Å²) in [5.41, 5.74) is 10.1. The Labute approximate surface area is 112 Å². The van der Waals surface area contributed by atoms with Crippen molar-refractivity contribution in [3.8, 4) is 0 Å². The van der Waals surface area contributed by atoms with E-state index in [0.717, 1.165) is 33.7 Å². The van der Waals surface area contributed by atoms with Crippen LogP contribution in [-0.2, 0) is 0 Å². The van der Waals surface area contributed by atoms with Gasteiger partial charge in [0, 0.05) is 16.8 Å². The Morgan fingerprint density at radius 1 is 1.11 bits per heavy atom. The molecule has 1 unspecified atom stereocenters. The van der Waals surface area contributed by atoms with Crippen LogP contribution in [0.25, 0.3) is 11.0 Å². The van der Waals surface area contributed by atoms with Crippen LogP contribution in [0.4, 0.5) is 0 Å². The molecule has 0 amide bonds. The van der Waals surface area contributed by atoms with E-state index in [9.17, 15) is 0 Å². The second-order valence-electron chi connectivity index (χ2n) is 4.79. The Morgan fingerprint density at radius 3 is 2.63 bits per heavy atom. The molecule has 2 aromatic heterocycles. The van der Waals surface area contributed by atoms with E-state index in [1.54, 1.807) is 0 Å². The van der Waals surface area contributed by atoms with E-state index in [1.807, 2.05) is 56.3 Å². The van der Waals surface area contributed by atoms with Gasteiger partial charge in [-0.1, -0.05) is 24.3 Å². The smallest absolute Gasteiger partial charge is 0.134 e. The van der Waals surface area contributed by atoms with Crippen LogP contribution in [0.2, 0.25) is 0 Å². The van der Waals surface area contributed by atoms with Gasteiger partial charge in [0.25, 0.3) is 0 Å². The van der Waals surface area contributed by atoms with E-state index in [0.29, 0.717) is 0 Å². The number of para-hydroxylation sites is 1. The molecule has 0 fully saturated rings. The molecule has 0 aliphatic carbocycles. The van der Waals surface area contributed by atoms with Crippen molar-refractivity contribution in [2.24, 2.45) is 5.73 Å². The summed E-state index contributed by atoms with van der Waals surface area (Å²) >= 11 is 0. The van der Waals surface area contributed by atoms with Gasteiger partial charge in [-0.3, -0.25) is 4.98 Å². The first-order chi connectivity index (χ1) is 9.15. The molecule has 19 heavy (non-hydrogen) atoms. The molecule has 3 heteroatoms. The van der Waals surface area contributed by atoms with Crippen LogP contribution in [0.3, 0.4) is 0 Å². The van der Waals surface area contributed by atoms with Gasteiger partial charge in [-0.2, -0.15) is 0 Å². The quantitative estimate of drug-likeness (QED) is 0.759. The molecule has 96 valence electrons. The zero-order valence-corrected chi connectivity index (χ0v) is 11.1. The SMILES string of the molecule is Cc1ccc(C(N)c2cc3ccccc3o2)c(C)n1. The molecule has 1 aromatic carbocycles. The molecule has 1 atom stereocenters. The number of pyridine rings is 1. The molecule has 0 spiro atoms. The zero-order valence-electron chi connectivity index (χ0n) is 11.1. The number of furan rings is 1. The van der Waals surface area contributed by atoms with Gasteiger partial charge in [0.1, 0.15) is 11.3 Å². The van der Waals surface area contributed by atoms with E-state index in [4.69, 9.17) is 10.2 Å². The summed E-state index contributed by atoms with van der Waals surface area (Å²) in [6.45, 7) is 3.95. The number of aromatic nitrogens is 1. The number of nitrogens with two attached hydrogens (primary N) is 1. The first-order valence-corrected chi connectivity index (χ1v) is 6.33. The summed E-state index contributed by atoms with van der Waals surface area (Å²) in [5.74, 6) is 0.773. The Morgan fingerprint density at radius 2 is 1.89 bits per heavy atom. The molecule has 0 radical (unpaired) electrons. The molecule has 3 nitrogen and oxygen atoms in total. The standard InChI is InChI=1S/C16H16N2O/c1-10-7-8-13(11(2)18-10)16(17)15-9-12-5-3-4-6-14(12)19-15/h3-9,16H,17H2,1-2H3. The third-order valence-corrected chi connectivity index (χ3v) is 3.35. The lowest BCUT2D eigenvalue weighted by Gasteiger charge is -2.12. The maximum absolute atomic E-state index is 6.30. The van der Waals surface area contributed by atoms with Crippen molar-refractivity contribution in [3.05, 3.63) is 65.2 Å². The van der Waals surface area contributed by atoms with Crippen LogP contribution in [0.15, 0.2) is 46.9 Å². The molecule has 0 saturated carbocycles. The minimum Gasteiger partial charge on any atom is -0.459 e. The third-order valence-electron chi connectivity index (χ3n) is 3.35. The highest BCUT2D eigenvalue weighted by Crippen LogP contribution is 2.27. The number of fused-ring (bicyclic) bond motifs is 1. The lowest BCUT2D eigenvalue weighted by molar-refractivity contribution is 0.523. The Bertz CT molecular complexity index is 697. The van der Waals surface area contributed by atoms with Gasteiger partial charge in [0.15, 0.2) is 0 Å². The lowest BCUT2D eigenvalue weighted by atomic mass is 10.0. The minimum atomic E-state index is -0.277. The van der Waals surface area contributed by atoms with Gasteiger partial charge in [-0.15, -0.1) is 0 Å². The van der Waals surface area contributed by atoms with E-state index >= 15 is 0 Å². The predicted molar refractivity (Wildman–Crippen MR) is 76.0 cm³/mol. The molecule has 2 N–H and O–H groups in total. The van der Waals surface area contributed by atoms with Crippen LogP contribution in [0.5, 0.6) is 0 Å². The number of aryl methyl sites for hydroxylation is 2. The van der Waals surface area contributed by atoms with Crippen LogP contribution in [-0.4, -0.2) is 4.98 Å². The monoisotopic (exact) mass is 252 g/mol. The molecule has 3 rings (SSSR count). The normalized spacial score (nSPS) is 12.8. The number of hydrogen-bond acceptors (Lipinski definition) is 3. The van der Waals surface area contributed by atoms with Crippen molar-refractivity contribution in [1.82, 2.24) is 4.98 Å². The fraction of sp³-hybridized carbons (Fsp3) is 0.188. The summed E-state index contributed by atoms with van der Waals surface area (Å²) in [5, 5.41) is 1.07. The van der Waals surface area contributed by atoms with E-state index in [2.05, 4.69) is 4.98 Å². The second kappa shape index (κ2) is 4.52. The van der Waals surface area contributed by atoms with Crippen molar-refractivity contribution in [2.45, 2.75) is 19.9 Å². The molecule has 0 bridgehead atoms. The summed E-state index contributed by atoms with van der Waals surface area (Å²) in [7, 11) is 0. The summed E-state index contributed by atoms with van der Waals surface area (Å²) in [6, 6.07) is 13.6. The summed E-state index contributed by atoms with van der Waals surface area (Å²) in [6.07, 6.45) is 0. The Balaban J connectivity index is 2.05. The molecule has 0 saturated heterocycles. The second-order valence-corrected chi connectivity index (χ2v) is 4.79. The van der Waals surface area contributed by atoms with Crippen LogP contribution < -0.4 is 5.73 Å². The first-order valence-electron chi connectivity index (χ1n) is 6.33. The van der Waals surface area contributed by atoms with Crippen molar-refractivity contribution in [1.29, 1.82) is 0 Å². The van der Waals surface area contributed by atoms with Gasteiger partial charge >= 0.3 is 0 Å². The molecular formula is C16H16N2O. The van der Waals surface area contributed by atoms with Gasteiger partial charge in [-0.25, -0.2) is 0 Å². The van der Waals surface area contributed by atoms with Crippen molar-refractivity contribution < 1.29 is 4.42 Å². The van der Waals surface area contributed by atoms with Crippen molar-refractivity contribution in [2.75, 3.05) is 0 Å². The van der Waals surface area contributed by atoms with Crippen LogP contribution >= 0.6 is 0 Å². The highest BCUT2D eigenvalue weighted by molar-refractivity contribution is 5.77. The highest BCUT2D eigenvalue weighted by Gasteiger charge is 2.16. The molecular weight excluding hydrogens is 236 g/mol.